The van der Waals surface area contributed by atoms with Crippen molar-refractivity contribution < 1.29 is 24.3 Å². The molecule has 1 aliphatic carbocycles. The van der Waals surface area contributed by atoms with Gasteiger partial charge in [0.1, 0.15) is 0 Å². The Bertz CT molecular complexity index is 770. The molecular formula is C17H18BrN3O5. The number of carboxylic acids is 2. The van der Waals surface area contributed by atoms with Gasteiger partial charge >= 0.3 is 11.9 Å². The third kappa shape index (κ3) is 4.89. The molecule has 1 aromatic carbocycles. The molecule has 1 aliphatic heterocycles. The fraction of sp³-hybridized carbons (Fsp3) is 0.412. The lowest BCUT2D eigenvalue weighted by atomic mass is 9.99. The zero-order valence-electron chi connectivity index (χ0n) is 13.8. The molecule has 2 aliphatic rings. The maximum Gasteiger partial charge on any atom is 0.414 e. The van der Waals surface area contributed by atoms with Crippen LogP contribution in [0.15, 0.2) is 33.3 Å². The molecule has 0 bridgehead atoms. The maximum absolute atomic E-state index is 9.10. The van der Waals surface area contributed by atoms with Crippen molar-refractivity contribution in [2.45, 2.75) is 31.2 Å². The van der Waals surface area contributed by atoms with Gasteiger partial charge in [0.15, 0.2) is 5.82 Å². The summed E-state index contributed by atoms with van der Waals surface area (Å²) in [7, 11) is 0. The Morgan fingerprint density at radius 2 is 1.73 bits per heavy atom. The normalized spacial score (nSPS) is 17.1. The number of hydrogen-bond donors (Lipinski definition) is 2. The van der Waals surface area contributed by atoms with Crippen LogP contribution in [-0.2, 0) is 16.1 Å². The Morgan fingerprint density at radius 3 is 2.27 bits per heavy atom. The summed E-state index contributed by atoms with van der Waals surface area (Å²) < 4.78 is 6.52. The molecule has 2 aromatic rings. The average molecular weight is 424 g/mol. The zero-order chi connectivity index (χ0) is 18.7. The number of aliphatic carboxylic acids is 2. The highest BCUT2D eigenvalue weighted by atomic mass is 79.9. The van der Waals surface area contributed by atoms with Gasteiger partial charge < -0.3 is 14.7 Å². The summed E-state index contributed by atoms with van der Waals surface area (Å²) in [4.78, 5) is 25.1. The van der Waals surface area contributed by atoms with Crippen molar-refractivity contribution in [2.75, 3.05) is 13.1 Å². The first-order valence-electron chi connectivity index (χ1n) is 8.19. The van der Waals surface area contributed by atoms with E-state index in [0.717, 1.165) is 35.8 Å². The van der Waals surface area contributed by atoms with Crippen molar-refractivity contribution in [3.8, 4) is 0 Å². The molecule has 1 saturated heterocycles. The van der Waals surface area contributed by atoms with Crippen LogP contribution < -0.4 is 0 Å². The number of nitrogens with zero attached hydrogens (tertiary/aromatic N) is 3. The van der Waals surface area contributed by atoms with Crippen LogP contribution in [0.1, 0.15) is 42.0 Å². The highest BCUT2D eigenvalue weighted by Gasteiger charge is 2.35. The van der Waals surface area contributed by atoms with E-state index in [2.05, 4.69) is 55.2 Å². The third-order valence-corrected chi connectivity index (χ3v) is 4.74. The number of halogens is 1. The van der Waals surface area contributed by atoms with E-state index in [4.69, 9.17) is 24.3 Å². The second-order valence-electron chi connectivity index (χ2n) is 6.39. The van der Waals surface area contributed by atoms with Crippen LogP contribution in [-0.4, -0.2) is 50.3 Å². The number of likely N-dealkylation sites (tertiary alicyclic amines) is 1. The van der Waals surface area contributed by atoms with E-state index in [1.807, 2.05) is 0 Å². The molecule has 2 fully saturated rings. The minimum Gasteiger partial charge on any atom is -0.473 e. The van der Waals surface area contributed by atoms with Crippen LogP contribution in [0, 0.1) is 0 Å². The maximum atomic E-state index is 9.10. The van der Waals surface area contributed by atoms with Gasteiger partial charge in [0, 0.05) is 30.0 Å². The summed E-state index contributed by atoms with van der Waals surface area (Å²) in [5.41, 5.74) is 1.34. The average Bonchev–Trinajstić information content (AvgIpc) is 3.31. The van der Waals surface area contributed by atoms with Gasteiger partial charge in [0.05, 0.1) is 5.92 Å². The fourth-order valence-corrected chi connectivity index (χ4v) is 2.89. The molecule has 0 unspecified atom stereocenters. The molecular weight excluding hydrogens is 406 g/mol. The quantitative estimate of drug-likeness (QED) is 0.719. The molecule has 8 nitrogen and oxygen atoms in total. The van der Waals surface area contributed by atoms with Crippen molar-refractivity contribution in [2.24, 2.45) is 0 Å². The minimum atomic E-state index is -1.82. The van der Waals surface area contributed by atoms with Crippen LogP contribution >= 0.6 is 15.9 Å². The molecule has 1 aromatic heterocycles. The molecule has 138 valence electrons. The number of rotatable bonds is 4. The lowest BCUT2D eigenvalue weighted by Crippen LogP contribution is -2.44. The van der Waals surface area contributed by atoms with Gasteiger partial charge in [-0.1, -0.05) is 33.2 Å². The standard InChI is InChI=1S/C15H16BrN3O.C2H2O4/c16-13-5-1-10(2-6-13)7-19-8-12(9-19)15-17-14(18-20-15)11-3-4-11;3-1(4)2(5)6/h1-2,5-6,11-12H,3-4,7-9H2;(H,3,4)(H,5,6). The van der Waals surface area contributed by atoms with Gasteiger partial charge in [-0.05, 0) is 30.5 Å². The largest absolute Gasteiger partial charge is 0.473 e. The number of carbonyl (C=O) groups is 2. The molecule has 2 heterocycles. The Balaban J connectivity index is 0.000000286. The summed E-state index contributed by atoms with van der Waals surface area (Å²) in [6.45, 7) is 3.03. The van der Waals surface area contributed by atoms with Crippen molar-refractivity contribution in [3.63, 3.8) is 0 Å². The third-order valence-electron chi connectivity index (χ3n) is 4.21. The summed E-state index contributed by atoms with van der Waals surface area (Å²) in [6, 6.07) is 8.50. The van der Waals surface area contributed by atoms with Gasteiger partial charge in [0.25, 0.3) is 0 Å². The second-order valence-corrected chi connectivity index (χ2v) is 7.31. The predicted molar refractivity (Wildman–Crippen MR) is 93.7 cm³/mol. The topological polar surface area (TPSA) is 117 Å². The molecule has 1 saturated carbocycles. The van der Waals surface area contributed by atoms with Crippen molar-refractivity contribution in [3.05, 3.63) is 46.0 Å². The van der Waals surface area contributed by atoms with E-state index in [-0.39, 0.29) is 0 Å². The first-order chi connectivity index (χ1) is 12.4. The van der Waals surface area contributed by atoms with Crippen LogP contribution in [0.5, 0.6) is 0 Å². The van der Waals surface area contributed by atoms with E-state index in [9.17, 15) is 0 Å². The summed E-state index contributed by atoms with van der Waals surface area (Å²) >= 11 is 3.46. The van der Waals surface area contributed by atoms with Gasteiger partial charge in [0.2, 0.25) is 5.89 Å². The van der Waals surface area contributed by atoms with Crippen molar-refractivity contribution in [1.82, 2.24) is 15.0 Å². The van der Waals surface area contributed by atoms with E-state index < -0.39 is 11.9 Å². The van der Waals surface area contributed by atoms with E-state index in [1.165, 1.54) is 18.4 Å². The van der Waals surface area contributed by atoms with Gasteiger partial charge in [-0.25, -0.2) is 9.59 Å². The molecule has 0 radical (unpaired) electrons. The van der Waals surface area contributed by atoms with Crippen LogP contribution in [0.3, 0.4) is 0 Å². The first-order valence-corrected chi connectivity index (χ1v) is 8.98. The lowest BCUT2D eigenvalue weighted by molar-refractivity contribution is -0.159. The van der Waals surface area contributed by atoms with Crippen LogP contribution in [0.4, 0.5) is 0 Å². The van der Waals surface area contributed by atoms with Gasteiger partial charge in [-0.3, -0.25) is 4.90 Å². The Hall–Kier alpha value is -2.26. The molecule has 0 amide bonds. The van der Waals surface area contributed by atoms with Gasteiger partial charge in [-0.15, -0.1) is 0 Å². The molecule has 0 spiro atoms. The van der Waals surface area contributed by atoms with Gasteiger partial charge in [-0.2, -0.15) is 4.98 Å². The monoisotopic (exact) mass is 423 g/mol. The molecule has 26 heavy (non-hydrogen) atoms. The number of aromatic nitrogens is 2. The zero-order valence-corrected chi connectivity index (χ0v) is 15.4. The van der Waals surface area contributed by atoms with E-state index in [1.54, 1.807) is 0 Å². The van der Waals surface area contributed by atoms with Crippen molar-refractivity contribution >= 4 is 27.9 Å². The van der Waals surface area contributed by atoms with E-state index >= 15 is 0 Å². The second kappa shape index (κ2) is 7.96. The smallest absolute Gasteiger partial charge is 0.414 e. The van der Waals surface area contributed by atoms with Crippen LogP contribution in [0.25, 0.3) is 0 Å². The number of hydrogen-bond acceptors (Lipinski definition) is 6. The summed E-state index contributed by atoms with van der Waals surface area (Å²) in [5.74, 6) is -0.896. The molecule has 9 heteroatoms. The van der Waals surface area contributed by atoms with E-state index in [0.29, 0.717) is 11.8 Å². The summed E-state index contributed by atoms with van der Waals surface area (Å²) in [6.07, 6.45) is 2.44. The lowest BCUT2D eigenvalue weighted by Gasteiger charge is -2.37. The SMILES string of the molecule is Brc1ccc(CN2CC(c3nc(C4CC4)no3)C2)cc1.O=C(O)C(=O)O. The molecule has 2 N–H and O–H groups in total. The molecule has 4 rings (SSSR count). The van der Waals surface area contributed by atoms with Crippen LogP contribution in [0.2, 0.25) is 0 Å². The highest BCUT2D eigenvalue weighted by Crippen LogP contribution is 2.39. The van der Waals surface area contributed by atoms with Crippen molar-refractivity contribution in [1.29, 1.82) is 0 Å². The number of benzene rings is 1. The number of carboxylic acid groups (broad SMARTS) is 2. The minimum absolute atomic E-state index is 0.422. The Kier molecular flexibility index (Phi) is 5.67. The fourth-order valence-electron chi connectivity index (χ4n) is 2.62. The highest BCUT2D eigenvalue weighted by molar-refractivity contribution is 9.10. The molecule has 0 atom stereocenters. The predicted octanol–water partition coefficient (Wildman–Crippen LogP) is 2.46. The summed E-state index contributed by atoms with van der Waals surface area (Å²) in [5, 5.41) is 18.9. The Labute approximate surface area is 157 Å². The Morgan fingerprint density at radius 1 is 1.12 bits per heavy atom. The first kappa shape index (κ1) is 18.5.